The fourth-order valence-corrected chi connectivity index (χ4v) is 2.71. The molecule has 4 nitrogen and oxygen atoms in total. The van der Waals surface area contributed by atoms with Gasteiger partial charge in [-0.2, -0.15) is 0 Å². The molecule has 1 saturated heterocycles. The van der Waals surface area contributed by atoms with E-state index in [2.05, 4.69) is 32.9 Å². The van der Waals surface area contributed by atoms with Gasteiger partial charge in [0, 0.05) is 19.6 Å². The summed E-state index contributed by atoms with van der Waals surface area (Å²) >= 11 is 0. The van der Waals surface area contributed by atoms with Gasteiger partial charge in [-0.25, -0.2) is 0 Å². The van der Waals surface area contributed by atoms with Gasteiger partial charge in [0.25, 0.3) is 0 Å². The zero-order valence-corrected chi connectivity index (χ0v) is 12.5. The van der Waals surface area contributed by atoms with E-state index < -0.39 is 12.2 Å². The molecule has 4 heteroatoms. The van der Waals surface area contributed by atoms with Crippen LogP contribution in [0.2, 0.25) is 0 Å². The predicted octanol–water partition coefficient (Wildman–Crippen LogP) is 1.53. The summed E-state index contributed by atoms with van der Waals surface area (Å²) in [6.45, 7) is 8.82. The van der Waals surface area contributed by atoms with Gasteiger partial charge in [-0.1, -0.05) is 19.9 Å². The molecule has 2 N–H and O–H groups in total. The van der Waals surface area contributed by atoms with Crippen molar-refractivity contribution in [3.8, 4) is 5.75 Å². The number of hydrogen-bond donors (Lipinski definition) is 2. The lowest BCUT2D eigenvalue weighted by Gasteiger charge is -2.16. The molecule has 2 atom stereocenters. The first-order valence-electron chi connectivity index (χ1n) is 7.29. The second kappa shape index (κ2) is 6.57. The number of ether oxygens (including phenoxy) is 1. The molecule has 2 unspecified atom stereocenters. The van der Waals surface area contributed by atoms with Crippen molar-refractivity contribution in [3.63, 3.8) is 0 Å². The molecule has 1 heterocycles. The summed E-state index contributed by atoms with van der Waals surface area (Å²) < 4.78 is 5.75. The average Bonchev–Trinajstić information content (AvgIpc) is 2.68. The number of aryl methyl sites for hydroxylation is 1. The molecule has 1 fully saturated rings. The van der Waals surface area contributed by atoms with Gasteiger partial charge in [0.15, 0.2) is 0 Å². The Balaban J connectivity index is 1.81. The molecule has 0 saturated carbocycles. The molecule has 2 rings (SSSR count). The van der Waals surface area contributed by atoms with Gasteiger partial charge < -0.3 is 14.9 Å². The van der Waals surface area contributed by atoms with Crippen molar-refractivity contribution in [1.29, 1.82) is 0 Å². The van der Waals surface area contributed by atoms with Crippen molar-refractivity contribution >= 4 is 0 Å². The normalized spacial score (nSPS) is 23.5. The lowest BCUT2D eigenvalue weighted by Crippen LogP contribution is -2.27. The SMILES string of the molecule is Cc1cc(OCCN2CC(O)C(O)C2)ccc1C(C)C. The van der Waals surface area contributed by atoms with Gasteiger partial charge in [0.1, 0.15) is 12.4 Å². The zero-order valence-electron chi connectivity index (χ0n) is 12.5. The van der Waals surface area contributed by atoms with E-state index in [0.717, 1.165) is 12.3 Å². The van der Waals surface area contributed by atoms with Crippen molar-refractivity contribution in [2.75, 3.05) is 26.2 Å². The number of β-amino-alcohol motifs (C(OH)–C–C–N with tert-alkyl or cyclic N) is 2. The van der Waals surface area contributed by atoms with Crippen molar-refractivity contribution < 1.29 is 14.9 Å². The van der Waals surface area contributed by atoms with E-state index >= 15 is 0 Å². The summed E-state index contributed by atoms with van der Waals surface area (Å²) in [6, 6.07) is 6.21. The Hall–Kier alpha value is -1.10. The number of rotatable bonds is 5. The average molecular weight is 279 g/mol. The summed E-state index contributed by atoms with van der Waals surface area (Å²) in [7, 11) is 0. The van der Waals surface area contributed by atoms with Gasteiger partial charge in [0.2, 0.25) is 0 Å². The Morgan fingerprint density at radius 3 is 2.45 bits per heavy atom. The van der Waals surface area contributed by atoms with Gasteiger partial charge >= 0.3 is 0 Å². The molecule has 0 radical (unpaired) electrons. The van der Waals surface area contributed by atoms with Gasteiger partial charge in [0.05, 0.1) is 12.2 Å². The third kappa shape index (κ3) is 3.72. The third-order valence-corrected chi connectivity index (χ3v) is 3.87. The zero-order chi connectivity index (χ0) is 14.7. The monoisotopic (exact) mass is 279 g/mol. The molecular formula is C16H25NO3. The van der Waals surface area contributed by atoms with E-state index in [1.165, 1.54) is 11.1 Å². The second-order valence-electron chi connectivity index (χ2n) is 5.92. The maximum atomic E-state index is 9.47. The fourth-order valence-electron chi connectivity index (χ4n) is 2.71. The van der Waals surface area contributed by atoms with Gasteiger partial charge in [-0.05, 0) is 36.1 Å². The lowest BCUT2D eigenvalue weighted by molar-refractivity contribution is 0.0572. The first-order valence-corrected chi connectivity index (χ1v) is 7.29. The molecule has 0 aromatic heterocycles. The van der Waals surface area contributed by atoms with E-state index in [1.807, 2.05) is 11.0 Å². The Morgan fingerprint density at radius 1 is 1.25 bits per heavy atom. The molecule has 0 aliphatic carbocycles. The van der Waals surface area contributed by atoms with Crippen LogP contribution in [0.4, 0.5) is 0 Å². The smallest absolute Gasteiger partial charge is 0.119 e. The summed E-state index contributed by atoms with van der Waals surface area (Å²) in [5.41, 5.74) is 2.60. The maximum absolute atomic E-state index is 9.47. The Kier molecular flexibility index (Phi) is 5.02. The minimum atomic E-state index is -0.623. The van der Waals surface area contributed by atoms with E-state index in [1.54, 1.807) is 0 Å². The molecule has 1 aromatic rings. The largest absolute Gasteiger partial charge is 0.492 e. The summed E-state index contributed by atoms with van der Waals surface area (Å²) in [6.07, 6.45) is -1.25. The first kappa shape index (κ1) is 15.3. The number of benzene rings is 1. The second-order valence-corrected chi connectivity index (χ2v) is 5.92. The van der Waals surface area contributed by atoms with Crippen molar-refractivity contribution in [3.05, 3.63) is 29.3 Å². The van der Waals surface area contributed by atoms with Crippen LogP contribution in [-0.2, 0) is 0 Å². The van der Waals surface area contributed by atoms with Gasteiger partial charge in [-0.15, -0.1) is 0 Å². The lowest BCUT2D eigenvalue weighted by atomic mass is 9.98. The van der Waals surface area contributed by atoms with Crippen LogP contribution in [0.1, 0.15) is 30.9 Å². The predicted molar refractivity (Wildman–Crippen MR) is 79.2 cm³/mol. The minimum Gasteiger partial charge on any atom is -0.492 e. The number of aliphatic hydroxyl groups is 2. The minimum absolute atomic E-state index is 0.524. The summed E-state index contributed by atoms with van der Waals surface area (Å²) in [5, 5.41) is 18.9. The first-order chi connectivity index (χ1) is 9.47. The molecule has 1 aromatic carbocycles. The quantitative estimate of drug-likeness (QED) is 0.858. The molecule has 1 aliphatic heterocycles. The molecule has 112 valence electrons. The number of nitrogens with zero attached hydrogens (tertiary/aromatic N) is 1. The standard InChI is InChI=1S/C16H25NO3/c1-11(2)14-5-4-13(8-12(14)3)20-7-6-17-9-15(18)16(19)10-17/h4-5,8,11,15-16,18-19H,6-7,9-10H2,1-3H3. The van der Waals surface area contributed by atoms with Crippen molar-refractivity contribution in [2.45, 2.75) is 38.9 Å². The Morgan fingerprint density at radius 2 is 1.90 bits per heavy atom. The highest BCUT2D eigenvalue weighted by molar-refractivity contribution is 5.36. The van der Waals surface area contributed by atoms with Crippen LogP contribution in [-0.4, -0.2) is 53.6 Å². The van der Waals surface area contributed by atoms with Crippen LogP contribution < -0.4 is 4.74 Å². The molecule has 0 bridgehead atoms. The molecule has 0 amide bonds. The van der Waals surface area contributed by atoms with Crippen LogP contribution in [0.3, 0.4) is 0 Å². The number of aliphatic hydroxyl groups excluding tert-OH is 2. The van der Waals surface area contributed by atoms with Crippen LogP contribution in [0, 0.1) is 6.92 Å². The maximum Gasteiger partial charge on any atom is 0.119 e. The highest BCUT2D eigenvalue weighted by Crippen LogP contribution is 2.23. The van der Waals surface area contributed by atoms with E-state index in [0.29, 0.717) is 25.6 Å². The molecule has 0 spiro atoms. The summed E-state index contributed by atoms with van der Waals surface area (Å²) in [5.74, 6) is 1.41. The topological polar surface area (TPSA) is 52.9 Å². The van der Waals surface area contributed by atoms with Crippen LogP contribution >= 0.6 is 0 Å². The number of likely N-dealkylation sites (tertiary alicyclic amines) is 1. The van der Waals surface area contributed by atoms with Crippen molar-refractivity contribution in [2.24, 2.45) is 0 Å². The highest BCUT2D eigenvalue weighted by Gasteiger charge is 2.28. The van der Waals surface area contributed by atoms with E-state index in [4.69, 9.17) is 4.74 Å². The fraction of sp³-hybridized carbons (Fsp3) is 0.625. The molecule has 1 aliphatic rings. The Labute approximate surface area is 121 Å². The third-order valence-electron chi connectivity index (χ3n) is 3.87. The van der Waals surface area contributed by atoms with E-state index in [9.17, 15) is 10.2 Å². The van der Waals surface area contributed by atoms with E-state index in [-0.39, 0.29) is 0 Å². The van der Waals surface area contributed by atoms with Crippen LogP contribution in [0.25, 0.3) is 0 Å². The molecular weight excluding hydrogens is 254 g/mol. The van der Waals surface area contributed by atoms with Crippen molar-refractivity contribution in [1.82, 2.24) is 4.90 Å². The van der Waals surface area contributed by atoms with Crippen LogP contribution in [0.15, 0.2) is 18.2 Å². The van der Waals surface area contributed by atoms with Gasteiger partial charge in [-0.3, -0.25) is 4.90 Å². The summed E-state index contributed by atoms with van der Waals surface area (Å²) in [4.78, 5) is 2.02. The Bertz CT molecular complexity index is 437. The van der Waals surface area contributed by atoms with Crippen LogP contribution in [0.5, 0.6) is 5.75 Å². The highest BCUT2D eigenvalue weighted by atomic mass is 16.5. The number of hydrogen-bond acceptors (Lipinski definition) is 4. The molecule has 20 heavy (non-hydrogen) atoms.